The summed E-state index contributed by atoms with van der Waals surface area (Å²) >= 11 is 0. The fourth-order valence-electron chi connectivity index (χ4n) is 3.89. The average Bonchev–Trinajstić information content (AvgIpc) is 2.51. The summed E-state index contributed by atoms with van der Waals surface area (Å²) < 4.78 is 0. The number of nitrogens with zero attached hydrogens (tertiary/aromatic N) is 1. The molecule has 3 aliphatic rings. The van der Waals surface area contributed by atoms with Crippen molar-refractivity contribution in [2.24, 2.45) is 23.7 Å². The number of allylic oxidation sites excluding steroid dienone is 1. The van der Waals surface area contributed by atoms with Crippen LogP contribution >= 0.6 is 0 Å². The van der Waals surface area contributed by atoms with Crippen LogP contribution in [0.4, 0.5) is 0 Å². The van der Waals surface area contributed by atoms with Crippen LogP contribution in [0.5, 0.6) is 0 Å². The minimum atomic E-state index is -0.267. The molecule has 0 bridgehead atoms. The van der Waals surface area contributed by atoms with Crippen LogP contribution in [0.1, 0.15) is 25.7 Å². The quantitative estimate of drug-likeness (QED) is 0.457. The van der Waals surface area contributed by atoms with Gasteiger partial charge in [0.1, 0.15) is 0 Å². The predicted molar refractivity (Wildman–Crippen MR) is 47.5 cm³/mol. The van der Waals surface area contributed by atoms with Crippen LogP contribution < -0.4 is 0 Å². The van der Waals surface area contributed by atoms with Crippen LogP contribution in [0.3, 0.4) is 0 Å². The number of hydrogen-bond donors (Lipinski definition) is 0. The van der Waals surface area contributed by atoms with E-state index in [-0.39, 0.29) is 4.92 Å². The lowest BCUT2D eigenvalue weighted by Crippen LogP contribution is -2.34. The molecule has 0 spiro atoms. The molecule has 0 aromatic rings. The lowest BCUT2D eigenvalue weighted by Gasteiger charge is -2.39. The summed E-state index contributed by atoms with van der Waals surface area (Å²) in [4.78, 5) is 10.1. The molecule has 3 rings (SSSR count). The second kappa shape index (κ2) is 2.34. The third-order valence-corrected chi connectivity index (χ3v) is 4.28. The van der Waals surface area contributed by atoms with Crippen LogP contribution in [0.15, 0.2) is 11.8 Å². The van der Waals surface area contributed by atoms with Crippen LogP contribution in [-0.4, -0.2) is 4.92 Å². The molecular formula is C10H13NO2. The monoisotopic (exact) mass is 179 g/mol. The van der Waals surface area contributed by atoms with Gasteiger partial charge in [0, 0.05) is 5.57 Å². The largest absolute Gasteiger partial charge is 0.259 e. The molecule has 3 saturated carbocycles. The summed E-state index contributed by atoms with van der Waals surface area (Å²) in [7, 11) is 0. The van der Waals surface area contributed by atoms with Gasteiger partial charge in [-0.2, -0.15) is 0 Å². The zero-order valence-electron chi connectivity index (χ0n) is 7.48. The molecule has 4 atom stereocenters. The van der Waals surface area contributed by atoms with Gasteiger partial charge in [-0.3, -0.25) is 10.1 Å². The van der Waals surface area contributed by atoms with Crippen molar-refractivity contribution in [3.8, 4) is 0 Å². The second-order valence-electron chi connectivity index (χ2n) is 4.62. The van der Waals surface area contributed by atoms with Gasteiger partial charge in [-0.25, -0.2) is 0 Å². The maximum Gasteiger partial charge on any atom is 0.234 e. The van der Waals surface area contributed by atoms with Crippen LogP contribution in [0, 0.1) is 33.8 Å². The van der Waals surface area contributed by atoms with Gasteiger partial charge in [0.2, 0.25) is 6.20 Å². The SMILES string of the molecule is O=[N+]([O-])C=C1[C@H]2CCC3CC[C@@H]1C32. The molecule has 70 valence electrons. The molecule has 3 heteroatoms. The Morgan fingerprint density at radius 3 is 2.38 bits per heavy atom. The highest BCUT2D eigenvalue weighted by Crippen LogP contribution is 2.64. The fourth-order valence-corrected chi connectivity index (χ4v) is 3.89. The molecule has 0 heterocycles. The Labute approximate surface area is 77.0 Å². The molecule has 3 aliphatic carbocycles. The first-order valence-corrected chi connectivity index (χ1v) is 5.12. The maximum absolute atomic E-state index is 10.4. The van der Waals surface area contributed by atoms with Crippen molar-refractivity contribution in [2.45, 2.75) is 25.7 Å². The van der Waals surface area contributed by atoms with E-state index >= 15 is 0 Å². The Balaban J connectivity index is 1.90. The molecule has 3 fully saturated rings. The molecule has 13 heavy (non-hydrogen) atoms. The van der Waals surface area contributed by atoms with Crippen molar-refractivity contribution >= 4 is 0 Å². The van der Waals surface area contributed by atoms with Gasteiger partial charge < -0.3 is 0 Å². The van der Waals surface area contributed by atoms with E-state index in [0.717, 1.165) is 17.4 Å². The van der Waals surface area contributed by atoms with Crippen molar-refractivity contribution in [3.63, 3.8) is 0 Å². The standard InChI is InChI=1S/C10H13NO2/c12-11(13)5-9-7-3-1-6-2-4-8(9)10(6)7/h5-8,10H,1-4H2/t6?,7-,8+,10?. The van der Waals surface area contributed by atoms with Crippen LogP contribution in [-0.2, 0) is 0 Å². The Morgan fingerprint density at radius 2 is 1.85 bits per heavy atom. The molecule has 0 saturated heterocycles. The molecule has 2 unspecified atom stereocenters. The van der Waals surface area contributed by atoms with E-state index < -0.39 is 0 Å². The number of hydrogen-bond acceptors (Lipinski definition) is 2. The van der Waals surface area contributed by atoms with E-state index in [0.29, 0.717) is 11.8 Å². The van der Waals surface area contributed by atoms with Gasteiger partial charge in [0.05, 0.1) is 4.92 Å². The molecule has 3 nitrogen and oxygen atoms in total. The van der Waals surface area contributed by atoms with Crippen molar-refractivity contribution in [1.82, 2.24) is 0 Å². The van der Waals surface area contributed by atoms with Gasteiger partial charge in [-0.1, -0.05) is 0 Å². The summed E-state index contributed by atoms with van der Waals surface area (Å²) in [6.07, 6.45) is 6.36. The average molecular weight is 179 g/mol. The topological polar surface area (TPSA) is 43.1 Å². The third-order valence-electron chi connectivity index (χ3n) is 4.28. The zero-order valence-corrected chi connectivity index (χ0v) is 7.48. The van der Waals surface area contributed by atoms with Crippen LogP contribution in [0.2, 0.25) is 0 Å². The normalized spacial score (nSPS) is 49.1. The first kappa shape index (κ1) is 7.54. The summed E-state index contributed by atoms with van der Waals surface area (Å²) in [6.45, 7) is 0. The van der Waals surface area contributed by atoms with E-state index in [1.807, 2.05) is 0 Å². The van der Waals surface area contributed by atoms with Crippen molar-refractivity contribution in [2.75, 3.05) is 0 Å². The van der Waals surface area contributed by atoms with Gasteiger partial charge in [-0.15, -0.1) is 0 Å². The fraction of sp³-hybridized carbons (Fsp3) is 0.800. The Morgan fingerprint density at radius 1 is 1.23 bits per heavy atom. The molecule has 0 N–H and O–H groups in total. The van der Waals surface area contributed by atoms with E-state index in [2.05, 4.69) is 0 Å². The lowest BCUT2D eigenvalue weighted by atomic mass is 9.64. The highest BCUT2D eigenvalue weighted by Gasteiger charge is 2.57. The third kappa shape index (κ3) is 0.847. The first-order chi connectivity index (χ1) is 6.27. The van der Waals surface area contributed by atoms with E-state index in [1.165, 1.54) is 31.9 Å². The zero-order chi connectivity index (χ0) is 9.00. The minimum absolute atomic E-state index is 0.267. The highest BCUT2D eigenvalue weighted by molar-refractivity contribution is 5.27. The van der Waals surface area contributed by atoms with Gasteiger partial charge in [0.15, 0.2) is 0 Å². The number of nitro groups is 1. The van der Waals surface area contributed by atoms with Gasteiger partial charge >= 0.3 is 0 Å². The lowest BCUT2D eigenvalue weighted by molar-refractivity contribution is -0.405. The highest BCUT2D eigenvalue weighted by atomic mass is 16.6. The summed E-state index contributed by atoms with van der Waals surface area (Å²) in [5, 5.41) is 10.4. The molecule has 0 aromatic heterocycles. The predicted octanol–water partition coefficient (Wildman–Crippen LogP) is 2.21. The van der Waals surface area contributed by atoms with Crippen LogP contribution in [0.25, 0.3) is 0 Å². The Bertz CT molecular complexity index is 279. The molecule has 0 aliphatic heterocycles. The minimum Gasteiger partial charge on any atom is -0.259 e. The van der Waals surface area contributed by atoms with E-state index in [1.54, 1.807) is 0 Å². The van der Waals surface area contributed by atoms with Gasteiger partial charge in [-0.05, 0) is 49.4 Å². The molecular weight excluding hydrogens is 166 g/mol. The number of rotatable bonds is 1. The molecule has 0 radical (unpaired) electrons. The summed E-state index contributed by atoms with van der Waals surface area (Å²) in [5.41, 5.74) is 1.16. The van der Waals surface area contributed by atoms with E-state index in [4.69, 9.17) is 0 Å². The molecule has 0 amide bonds. The molecule has 0 aromatic carbocycles. The first-order valence-electron chi connectivity index (χ1n) is 5.12. The Hall–Kier alpha value is -0.860. The second-order valence-corrected chi connectivity index (χ2v) is 4.62. The van der Waals surface area contributed by atoms with Crippen molar-refractivity contribution in [1.29, 1.82) is 0 Å². The Kier molecular flexibility index (Phi) is 1.35. The summed E-state index contributed by atoms with van der Waals surface area (Å²) in [6, 6.07) is 0. The maximum atomic E-state index is 10.4. The summed E-state index contributed by atoms with van der Waals surface area (Å²) in [5.74, 6) is 2.95. The smallest absolute Gasteiger partial charge is 0.234 e. The van der Waals surface area contributed by atoms with Gasteiger partial charge in [0.25, 0.3) is 0 Å². The van der Waals surface area contributed by atoms with E-state index in [9.17, 15) is 10.1 Å². The van der Waals surface area contributed by atoms with Crippen molar-refractivity contribution < 1.29 is 4.92 Å². The van der Waals surface area contributed by atoms with Crippen molar-refractivity contribution in [3.05, 3.63) is 21.9 Å².